The lowest BCUT2D eigenvalue weighted by molar-refractivity contribution is -0.915. The van der Waals surface area contributed by atoms with E-state index < -0.39 is 43.3 Å². The highest BCUT2D eigenvalue weighted by molar-refractivity contribution is 5.60. The van der Waals surface area contributed by atoms with Crippen LogP contribution in [0, 0.1) is 0 Å². The fourth-order valence-corrected chi connectivity index (χ4v) is 7.22. The molecule has 280 valence electrons. The van der Waals surface area contributed by atoms with E-state index in [1.807, 2.05) is 0 Å². The molecule has 1 aliphatic rings. The van der Waals surface area contributed by atoms with Gasteiger partial charge in [0.25, 0.3) is 0 Å². The highest BCUT2D eigenvalue weighted by atomic mass is 16.6. The Balaban J connectivity index is 2.62. The molecule has 0 aromatic carbocycles. The Morgan fingerprint density at radius 2 is 0.872 bits per heavy atom. The average molecular weight is 673 g/mol. The largest absolute Gasteiger partial charge is 0.518 e. The molecular formula is C39H78NO7+. The molecule has 1 saturated heterocycles. The van der Waals surface area contributed by atoms with Crippen LogP contribution in [0.5, 0.6) is 0 Å². The molecule has 0 saturated carbocycles. The standard InChI is InChI=1S/C39H78NO7/c1-4-7-9-11-13-15-17-18-19-20-21-22-24-26-28-30-32-40(39(45)46-6-3,31-29-27-25-23-16-14-12-10-8-5-2)38-37(44)36(43)35(42)34(33-41)47-38/h34-38,41-44H,4-33H2,1-3H3/q+1/t34-,35+,36+,37-,38?,40?/m1/s1. The number of amides is 1. The second-order valence-corrected chi connectivity index (χ2v) is 14.4. The van der Waals surface area contributed by atoms with Crippen LogP contribution in [0.15, 0.2) is 0 Å². The average Bonchev–Trinajstić information content (AvgIpc) is 3.07. The predicted molar refractivity (Wildman–Crippen MR) is 192 cm³/mol. The molecule has 0 aromatic rings. The summed E-state index contributed by atoms with van der Waals surface area (Å²) >= 11 is 0. The Morgan fingerprint density at radius 1 is 0.532 bits per heavy atom. The van der Waals surface area contributed by atoms with Crippen molar-refractivity contribution in [1.82, 2.24) is 0 Å². The Labute approximate surface area is 289 Å². The number of aliphatic hydroxyl groups excluding tert-OH is 4. The minimum atomic E-state index is -1.52. The minimum Gasteiger partial charge on any atom is -0.420 e. The molecule has 1 rings (SSSR count). The fraction of sp³-hybridized carbons (Fsp3) is 0.974. The molecule has 0 radical (unpaired) electrons. The van der Waals surface area contributed by atoms with Gasteiger partial charge >= 0.3 is 6.09 Å². The summed E-state index contributed by atoms with van der Waals surface area (Å²) < 4.78 is 11.4. The summed E-state index contributed by atoms with van der Waals surface area (Å²) in [4.78, 5) is 13.7. The zero-order valence-corrected chi connectivity index (χ0v) is 31.1. The minimum absolute atomic E-state index is 0.202. The number of hydrogen-bond donors (Lipinski definition) is 4. The first-order valence-corrected chi connectivity index (χ1v) is 20.2. The highest BCUT2D eigenvalue weighted by Gasteiger charge is 2.57. The number of carbonyl (C=O) groups is 1. The quantitative estimate of drug-likeness (QED) is 0.0429. The summed E-state index contributed by atoms with van der Waals surface area (Å²) in [6.07, 6.45) is 24.8. The molecule has 47 heavy (non-hydrogen) atoms. The lowest BCUT2D eigenvalue weighted by Gasteiger charge is -2.48. The normalized spacial score (nSPS) is 22.7. The van der Waals surface area contributed by atoms with E-state index in [4.69, 9.17) is 9.47 Å². The van der Waals surface area contributed by atoms with Gasteiger partial charge in [-0.15, -0.1) is 0 Å². The van der Waals surface area contributed by atoms with E-state index in [1.165, 1.54) is 128 Å². The van der Waals surface area contributed by atoms with Crippen molar-refractivity contribution >= 4 is 6.09 Å². The van der Waals surface area contributed by atoms with Crippen LogP contribution in [0.1, 0.15) is 188 Å². The van der Waals surface area contributed by atoms with Crippen molar-refractivity contribution in [2.24, 2.45) is 0 Å². The first-order valence-electron chi connectivity index (χ1n) is 20.2. The number of quaternary nitrogens is 1. The van der Waals surface area contributed by atoms with Crippen molar-refractivity contribution in [3.8, 4) is 0 Å². The Bertz CT molecular complexity index is 723. The number of ether oxygens (including phenoxy) is 2. The molecule has 4 N–H and O–H groups in total. The van der Waals surface area contributed by atoms with Crippen molar-refractivity contribution in [1.29, 1.82) is 0 Å². The van der Waals surface area contributed by atoms with Gasteiger partial charge < -0.3 is 29.9 Å². The smallest absolute Gasteiger partial charge is 0.420 e. The SMILES string of the molecule is CCCCCCCCCCCCCCCCCC[N+](CCCCCCCCCCCC)(C(=O)OCC)C1O[C@H](CO)[C@H](O)[C@H](O)[C@H]1O. The van der Waals surface area contributed by atoms with Gasteiger partial charge in [-0.3, -0.25) is 0 Å². The van der Waals surface area contributed by atoms with E-state index >= 15 is 0 Å². The number of hydrogen-bond acceptors (Lipinski definition) is 7. The van der Waals surface area contributed by atoms with Crippen LogP contribution in [0.3, 0.4) is 0 Å². The maximum absolute atomic E-state index is 13.7. The van der Waals surface area contributed by atoms with E-state index in [-0.39, 0.29) is 11.1 Å². The van der Waals surface area contributed by atoms with E-state index in [0.717, 1.165) is 38.5 Å². The Morgan fingerprint density at radius 3 is 1.19 bits per heavy atom. The number of carbonyl (C=O) groups excluding carboxylic acids is 1. The van der Waals surface area contributed by atoms with Crippen LogP contribution in [0.4, 0.5) is 4.79 Å². The zero-order chi connectivity index (χ0) is 34.6. The predicted octanol–water partition coefficient (Wildman–Crippen LogP) is 8.94. The van der Waals surface area contributed by atoms with Gasteiger partial charge in [0, 0.05) is 0 Å². The van der Waals surface area contributed by atoms with Crippen molar-refractivity contribution in [2.75, 3.05) is 26.3 Å². The summed E-state index contributed by atoms with van der Waals surface area (Å²) in [7, 11) is 0. The zero-order valence-electron chi connectivity index (χ0n) is 31.1. The molecule has 6 atom stereocenters. The van der Waals surface area contributed by atoms with E-state index in [9.17, 15) is 25.2 Å². The van der Waals surface area contributed by atoms with Gasteiger partial charge in [0.15, 0.2) is 6.10 Å². The second kappa shape index (κ2) is 29.0. The number of aliphatic hydroxyl groups is 4. The Kier molecular flexibility index (Phi) is 27.3. The third-order valence-corrected chi connectivity index (χ3v) is 10.3. The van der Waals surface area contributed by atoms with Gasteiger partial charge in [-0.05, 0) is 32.6 Å². The maximum Gasteiger partial charge on any atom is 0.518 e. The highest BCUT2D eigenvalue weighted by Crippen LogP contribution is 2.32. The van der Waals surface area contributed by atoms with Crippen molar-refractivity contribution < 1.29 is 39.2 Å². The third-order valence-electron chi connectivity index (χ3n) is 10.3. The fourth-order valence-electron chi connectivity index (χ4n) is 7.22. The molecule has 1 heterocycles. The molecule has 0 bridgehead atoms. The monoisotopic (exact) mass is 673 g/mol. The lowest BCUT2D eigenvalue weighted by atomic mass is 9.96. The second-order valence-electron chi connectivity index (χ2n) is 14.4. The first-order chi connectivity index (χ1) is 22.9. The summed E-state index contributed by atoms with van der Waals surface area (Å²) in [6, 6.07) is 0. The van der Waals surface area contributed by atoms with Gasteiger partial charge in [-0.2, -0.15) is 9.28 Å². The maximum atomic E-state index is 13.7. The summed E-state index contributed by atoms with van der Waals surface area (Å²) in [5.41, 5.74) is 0. The first kappa shape index (κ1) is 44.3. The molecule has 2 unspecified atom stereocenters. The van der Waals surface area contributed by atoms with Gasteiger partial charge in [0.1, 0.15) is 18.3 Å². The number of rotatable bonds is 31. The van der Waals surface area contributed by atoms with Crippen LogP contribution >= 0.6 is 0 Å². The Hall–Kier alpha value is -0.770. The molecule has 8 heteroatoms. The summed E-state index contributed by atoms with van der Waals surface area (Å²) in [5.74, 6) is 0. The molecule has 0 aromatic heterocycles. The summed E-state index contributed by atoms with van der Waals surface area (Å²) in [5, 5.41) is 42.1. The van der Waals surface area contributed by atoms with Crippen LogP contribution < -0.4 is 0 Å². The third kappa shape index (κ3) is 18.2. The summed E-state index contributed by atoms with van der Waals surface area (Å²) in [6.45, 7) is 6.82. The van der Waals surface area contributed by atoms with Gasteiger partial charge in [-0.25, -0.2) is 0 Å². The van der Waals surface area contributed by atoms with Crippen molar-refractivity contribution in [3.05, 3.63) is 0 Å². The molecule has 1 fully saturated rings. The lowest BCUT2D eigenvalue weighted by Crippen LogP contribution is -2.72. The van der Waals surface area contributed by atoms with Gasteiger partial charge in [-0.1, -0.05) is 155 Å². The number of unbranched alkanes of at least 4 members (excludes halogenated alkanes) is 24. The van der Waals surface area contributed by atoms with Crippen molar-refractivity contribution in [2.45, 2.75) is 218 Å². The molecule has 0 spiro atoms. The van der Waals surface area contributed by atoms with Crippen molar-refractivity contribution in [3.63, 3.8) is 0 Å². The van der Waals surface area contributed by atoms with E-state index in [0.29, 0.717) is 13.1 Å². The van der Waals surface area contributed by atoms with E-state index in [1.54, 1.807) is 6.92 Å². The van der Waals surface area contributed by atoms with Gasteiger partial charge in [0.05, 0.1) is 26.3 Å². The van der Waals surface area contributed by atoms with Crippen LogP contribution in [-0.2, 0) is 9.47 Å². The van der Waals surface area contributed by atoms with Crippen LogP contribution in [0.25, 0.3) is 0 Å². The molecule has 8 nitrogen and oxygen atoms in total. The topological polar surface area (TPSA) is 116 Å². The molecule has 1 amide bonds. The molecular weight excluding hydrogens is 594 g/mol. The van der Waals surface area contributed by atoms with Crippen LogP contribution in [-0.4, -0.2) is 87.9 Å². The van der Waals surface area contributed by atoms with Gasteiger partial charge in [0.2, 0.25) is 6.23 Å². The van der Waals surface area contributed by atoms with Crippen LogP contribution in [0.2, 0.25) is 0 Å². The molecule has 1 aliphatic heterocycles. The number of nitrogens with zero attached hydrogens (tertiary/aromatic N) is 1. The molecule has 0 aliphatic carbocycles. The van der Waals surface area contributed by atoms with E-state index in [2.05, 4.69) is 13.8 Å².